The molecule has 1 amide bonds. The third-order valence-corrected chi connectivity index (χ3v) is 2.20. The first-order chi connectivity index (χ1) is 6.52. The summed E-state index contributed by atoms with van der Waals surface area (Å²) in [6, 6.07) is 0. The van der Waals surface area contributed by atoms with Crippen LogP contribution in [0.5, 0.6) is 0 Å². The average molecular weight is 222 g/mol. The lowest BCUT2D eigenvalue weighted by Gasteiger charge is -2.03. The van der Waals surface area contributed by atoms with Gasteiger partial charge in [-0.25, -0.2) is 8.78 Å². The van der Waals surface area contributed by atoms with E-state index in [0.29, 0.717) is 0 Å². The van der Waals surface area contributed by atoms with Crippen LogP contribution in [0.4, 0.5) is 19.6 Å². The lowest BCUT2D eigenvalue weighted by Crippen LogP contribution is -2.16. The van der Waals surface area contributed by atoms with E-state index in [-0.39, 0.29) is 16.4 Å². The molecule has 78 valence electrons. The van der Waals surface area contributed by atoms with Crippen LogP contribution in [0.1, 0.15) is 10.4 Å². The van der Waals surface area contributed by atoms with Crippen molar-refractivity contribution in [3.8, 4) is 0 Å². The number of hydrogen-bond donors (Lipinski definition) is 3. The Morgan fingerprint density at radius 2 is 2.29 bits per heavy atom. The maximum Gasteiger partial charge on any atom is 0.255 e. The zero-order valence-electron chi connectivity index (χ0n) is 6.96. The first kappa shape index (κ1) is 10.6. The highest BCUT2D eigenvalue weighted by Gasteiger charge is 2.17. The zero-order chi connectivity index (χ0) is 10.7. The Morgan fingerprint density at radius 1 is 1.64 bits per heavy atom. The van der Waals surface area contributed by atoms with Crippen LogP contribution >= 0.6 is 11.5 Å². The van der Waals surface area contributed by atoms with Crippen molar-refractivity contribution < 1.29 is 13.6 Å². The molecule has 0 radical (unpaired) electrons. The van der Waals surface area contributed by atoms with E-state index >= 15 is 0 Å². The van der Waals surface area contributed by atoms with Gasteiger partial charge < -0.3 is 16.8 Å². The first-order valence-electron chi connectivity index (χ1n) is 3.59. The number of nitrogens with one attached hydrogen (secondary N) is 1. The maximum absolute atomic E-state index is 11.8. The molecule has 1 rings (SSSR count). The van der Waals surface area contributed by atoms with Gasteiger partial charge in [0.1, 0.15) is 10.6 Å². The van der Waals surface area contributed by atoms with Crippen LogP contribution in [0, 0.1) is 0 Å². The summed E-state index contributed by atoms with van der Waals surface area (Å²) >= 11 is 0.826. The number of alkyl halides is 2. The molecule has 8 heteroatoms. The van der Waals surface area contributed by atoms with Gasteiger partial charge in [-0.15, -0.1) is 0 Å². The minimum absolute atomic E-state index is 0.0318. The first-order valence-corrected chi connectivity index (χ1v) is 4.36. The smallest absolute Gasteiger partial charge is 0.255 e. The minimum atomic E-state index is -2.51. The Balaban J connectivity index is 2.81. The molecule has 0 saturated carbocycles. The van der Waals surface area contributed by atoms with Crippen molar-refractivity contribution in [2.24, 2.45) is 5.73 Å². The molecule has 0 fully saturated rings. The number of rotatable bonds is 4. The molecular weight excluding hydrogens is 214 g/mol. The molecule has 0 atom stereocenters. The Hall–Kier alpha value is -1.44. The fourth-order valence-electron chi connectivity index (χ4n) is 0.831. The number of carbonyl (C=O) groups is 1. The average Bonchev–Trinajstić information content (AvgIpc) is 2.43. The minimum Gasteiger partial charge on any atom is -0.382 e. The normalized spacial score (nSPS) is 10.5. The van der Waals surface area contributed by atoms with Gasteiger partial charge in [0.05, 0.1) is 6.54 Å². The van der Waals surface area contributed by atoms with Crippen molar-refractivity contribution in [1.29, 1.82) is 0 Å². The Bertz CT molecular complexity index is 341. The second-order valence-electron chi connectivity index (χ2n) is 2.41. The summed E-state index contributed by atoms with van der Waals surface area (Å²) in [5.41, 5.74) is 10.3. The SMILES string of the molecule is NC(=O)c1c(N)nsc1NCC(F)F. The van der Waals surface area contributed by atoms with Gasteiger partial charge >= 0.3 is 0 Å². The van der Waals surface area contributed by atoms with Crippen molar-refractivity contribution in [1.82, 2.24) is 4.37 Å². The maximum atomic E-state index is 11.8. The van der Waals surface area contributed by atoms with Gasteiger partial charge in [0.15, 0.2) is 5.82 Å². The molecule has 0 bridgehead atoms. The molecule has 1 aromatic heterocycles. The van der Waals surface area contributed by atoms with Crippen LogP contribution in [0.2, 0.25) is 0 Å². The van der Waals surface area contributed by atoms with Crippen molar-refractivity contribution in [2.45, 2.75) is 6.43 Å². The number of nitrogens with zero attached hydrogens (tertiary/aromatic N) is 1. The molecule has 1 aromatic rings. The van der Waals surface area contributed by atoms with Crippen LogP contribution in [-0.2, 0) is 0 Å². The summed E-state index contributed by atoms with van der Waals surface area (Å²) < 4.78 is 27.3. The third kappa shape index (κ3) is 2.28. The van der Waals surface area contributed by atoms with Crippen molar-refractivity contribution in [3.63, 3.8) is 0 Å². The molecule has 5 nitrogen and oxygen atoms in total. The predicted octanol–water partition coefficient (Wildman–Crippen LogP) is 0.501. The number of nitrogen functional groups attached to an aromatic ring is 1. The summed E-state index contributed by atoms with van der Waals surface area (Å²) in [4.78, 5) is 10.8. The highest BCUT2D eigenvalue weighted by molar-refractivity contribution is 7.11. The van der Waals surface area contributed by atoms with Gasteiger partial charge in [0, 0.05) is 0 Å². The Labute approximate surface area is 82.2 Å². The standard InChI is InChI=1S/C6H8F2N4OS/c7-2(8)1-11-6-3(5(10)13)4(9)12-14-6/h2,11H,1H2,(H2,9,12)(H2,10,13). The molecule has 0 unspecified atom stereocenters. The van der Waals surface area contributed by atoms with Gasteiger partial charge in [0.2, 0.25) is 0 Å². The number of nitrogens with two attached hydrogens (primary N) is 2. The lowest BCUT2D eigenvalue weighted by atomic mass is 10.3. The van der Waals surface area contributed by atoms with E-state index in [1.165, 1.54) is 0 Å². The van der Waals surface area contributed by atoms with Gasteiger partial charge in [-0.3, -0.25) is 4.79 Å². The van der Waals surface area contributed by atoms with Gasteiger partial charge in [-0.2, -0.15) is 4.37 Å². The number of hydrogen-bond acceptors (Lipinski definition) is 5. The fraction of sp³-hybridized carbons (Fsp3) is 0.333. The number of aromatic nitrogens is 1. The fourth-order valence-corrected chi connectivity index (χ4v) is 1.56. The van der Waals surface area contributed by atoms with Gasteiger partial charge in [-0.05, 0) is 11.5 Å². The van der Waals surface area contributed by atoms with Crippen molar-refractivity contribution in [3.05, 3.63) is 5.56 Å². The number of amides is 1. The summed E-state index contributed by atoms with van der Waals surface area (Å²) in [6.45, 7) is -0.568. The zero-order valence-corrected chi connectivity index (χ0v) is 7.78. The molecule has 0 saturated heterocycles. The second-order valence-corrected chi connectivity index (χ2v) is 3.18. The number of anilines is 2. The Kier molecular flexibility index (Phi) is 3.18. The molecule has 0 aromatic carbocycles. The second kappa shape index (κ2) is 4.18. The van der Waals surface area contributed by atoms with Crippen LogP contribution in [-0.4, -0.2) is 23.3 Å². The predicted molar refractivity (Wildman–Crippen MR) is 49.5 cm³/mol. The summed E-state index contributed by atoms with van der Waals surface area (Å²) in [5, 5.41) is 2.52. The largest absolute Gasteiger partial charge is 0.382 e. The van der Waals surface area contributed by atoms with Crippen LogP contribution in [0.15, 0.2) is 0 Å². The van der Waals surface area contributed by atoms with Gasteiger partial charge in [0.25, 0.3) is 12.3 Å². The summed E-state index contributed by atoms with van der Waals surface area (Å²) in [7, 11) is 0. The summed E-state index contributed by atoms with van der Waals surface area (Å²) in [6.07, 6.45) is -2.51. The van der Waals surface area contributed by atoms with Crippen LogP contribution < -0.4 is 16.8 Å². The van der Waals surface area contributed by atoms with E-state index in [0.717, 1.165) is 11.5 Å². The van der Waals surface area contributed by atoms with Crippen LogP contribution in [0.25, 0.3) is 0 Å². The van der Waals surface area contributed by atoms with E-state index in [9.17, 15) is 13.6 Å². The van der Waals surface area contributed by atoms with E-state index in [4.69, 9.17) is 11.5 Å². The van der Waals surface area contributed by atoms with Crippen LogP contribution in [0.3, 0.4) is 0 Å². The van der Waals surface area contributed by atoms with Crippen molar-refractivity contribution in [2.75, 3.05) is 17.6 Å². The molecule has 5 N–H and O–H groups in total. The number of carbonyl (C=O) groups excluding carboxylic acids is 1. The topological polar surface area (TPSA) is 94.0 Å². The Morgan fingerprint density at radius 3 is 2.79 bits per heavy atom. The molecule has 0 aliphatic rings. The molecule has 1 heterocycles. The molecule has 0 aliphatic carbocycles. The van der Waals surface area contributed by atoms with E-state index in [1.807, 2.05) is 0 Å². The van der Waals surface area contributed by atoms with Gasteiger partial charge in [-0.1, -0.05) is 0 Å². The molecule has 0 spiro atoms. The quantitative estimate of drug-likeness (QED) is 0.691. The third-order valence-electron chi connectivity index (χ3n) is 1.38. The number of primary amides is 1. The van der Waals surface area contributed by atoms with E-state index < -0.39 is 18.9 Å². The lowest BCUT2D eigenvalue weighted by molar-refractivity contribution is 0.100. The monoisotopic (exact) mass is 222 g/mol. The molecule has 0 aliphatic heterocycles. The van der Waals surface area contributed by atoms with Crippen molar-refractivity contribution >= 4 is 28.3 Å². The molecular formula is C6H8F2N4OS. The van der Waals surface area contributed by atoms with E-state index in [2.05, 4.69) is 9.69 Å². The highest BCUT2D eigenvalue weighted by atomic mass is 32.1. The number of halogens is 2. The summed E-state index contributed by atoms with van der Waals surface area (Å²) in [5.74, 6) is -0.827. The molecule has 14 heavy (non-hydrogen) atoms. The van der Waals surface area contributed by atoms with E-state index in [1.54, 1.807) is 0 Å². The highest BCUT2D eigenvalue weighted by Crippen LogP contribution is 2.25.